The molecule has 0 aliphatic heterocycles. The molecule has 0 amide bonds. The molecular formula is C49H35NO. The summed E-state index contributed by atoms with van der Waals surface area (Å²) in [6, 6.07) is 63.6. The molecule has 0 N–H and O–H groups in total. The van der Waals surface area contributed by atoms with Gasteiger partial charge in [0.15, 0.2) is 0 Å². The quantitative estimate of drug-likeness (QED) is 0.184. The molecule has 1 aliphatic carbocycles. The second-order valence-electron chi connectivity index (χ2n) is 14.1. The van der Waals surface area contributed by atoms with E-state index >= 15 is 0 Å². The van der Waals surface area contributed by atoms with Crippen LogP contribution in [-0.2, 0) is 5.41 Å². The zero-order chi connectivity index (χ0) is 34.1. The number of hydrogen-bond acceptors (Lipinski definition) is 2. The van der Waals surface area contributed by atoms with Crippen molar-refractivity contribution in [2.75, 3.05) is 4.90 Å². The van der Waals surface area contributed by atoms with Crippen molar-refractivity contribution in [3.05, 3.63) is 187 Å². The van der Waals surface area contributed by atoms with Crippen LogP contribution in [0.5, 0.6) is 0 Å². The lowest BCUT2D eigenvalue weighted by molar-refractivity contribution is 0.666. The van der Waals surface area contributed by atoms with Gasteiger partial charge in [-0.25, -0.2) is 0 Å². The number of benzene rings is 8. The summed E-state index contributed by atoms with van der Waals surface area (Å²) in [6.45, 7) is 4.75. The summed E-state index contributed by atoms with van der Waals surface area (Å²) in [5.74, 6) is 0. The number of furan rings is 1. The van der Waals surface area contributed by atoms with E-state index in [1.54, 1.807) is 0 Å². The minimum atomic E-state index is -0.153. The molecule has 0 radical (unpaired) electrons. The third-order valence-electron chi connectivity index (χ3n) is 10.8. The first-order chi connectivity index (χ1) is 25.1. The highest BCUT2D eigenvalue weighted by Crippen LogP contribution is 2.56. The topological polar surface area (TPSA) is 16.4 Å². The van der Waals surface area contributed by atoms with Gasteiger partial charge in [0.25, 0.3) is 0 Å². The highest BCUT2D eigenvalue weighted by Gasteiger charge is 2.39. The van der Waals surface area contributed by atoms with Crippen LogP contribution in [-0.4, -0.2) is 0 Å². The number of hydrogen-bond donors (Lipinski definition) is 0. The minimum absolute atomic E-state index is 0.153. The first-order valence-corrected chi connectivity index (χ1v) is 17.7. The van der Waals surface area contributed by atoms with Gasteiger partial charge < -0.3 is 9.32 Å². The van der Waals surface area contributed by atoms with Gasteiger partial charge in [-0.1, -0.05) is 153 Å². The van der Waals surface area contributed by atoms with E-state index in [-0.39, 0.29) is 5.41 Å². The SMILES string of the molecule is CC1(C)c2ccccc2-c2c(N(c3ccc(-c4ccccc4)cc3)c3ccc(-c4cccc5c4oc4ccccc45)cc3)cc3ccccc3c21. The summed E-state index contributed by atoms with van der Waals surface area (Å²) < 4.78 is 6.44. The molecule has 1 heterocycles. The molecule has 0 fully saturated rings. The maximum absolute atomic E-state index is 6.44. The maximum atomic E-state index is 6.44. The summed E-state index contributed by atoms with van der Waals surface area (Å²) in [4.78, 5) is 2.45. The summed E-state index contributed by atoms with van der Waals surface area (Å²) >= 11 is 0. The Morgan fingerprint density at radius 2 is 1.06 bits per heavy atom. The molecule has 0 saturated carbocycles. The van der Waals surface area contributed by atoms with Crippen molar-refractivity contribution < 1.29 is 4.42 Å². The van der Waals surface area contributed by atoms with Crippen LogP contribution >= 0.6 is 0 Å². The molecule has 242 valence electrons. The van der Waals surface area contributed by atoms with Crippen molar-refractivity contribution in [1.82, 2.24) is 0 Å². The molecule has 51 heavy (non-hydrogen) atoms. The van der Waals surface area contributed by atoms with E-state index in [9.17, 15) is 0 Å². The second kappa shape index (κ2) is 11.3. The summed E-state index contributed by atoms with van der Waals surface area (Å²) in [6.07, 6.45) is 0. The first-order valence-electron chi connectivity index (χ1n) is 17.7. The molecule has 0 bridgehead atoms. The molecule has 8 aromatic carbocycles. The van der Waals surface area contributed by atoms with Crippen molar-refractivity contribution in [2.24, 2.45) is 0 Å². The Labute approximate surface area is 297 Å². The standard InChI is InChI=1S/C49H35NO/c1-49(2)43-21-10-8-18-42(43)46-44(31-35-15-6-7-16-38(35)47(46)49)50(36-27-23-33(24-28-36)32-13-4-3-5-14-32)37-29-25-34(26-30-37)39-19-12-20-41-40-17-9-11-22-45(40)51-48(39)41/h3-31H,1-2H3. The van der Waals surface area contributed by atoms with Gasteiger partial charge in [-0.05, 0) is 80.6 Å². The Bertz CT molecular complexity index is 2750. The van der Waals surface area contributed by atoms with E-state index in [4.69, 9.17) is 4.42 Å². The largest absolute Gasteiger partial charge is 0.455 e. The predicted octanol–water partition coefficient (Wildman–Crippen LogP) is 13.8. The predicted molar refractivity (Wildman–Crippen MR) is 214 cm³/mol. The maximum Gasteiger partial charge on any atom is 0.143 e. The molecule has 0 spiro atoms. The van der Waals surface area contributed by atoms with Crippen molar-refractivity contribution in [1.29, 1.82) is 0 Å². The Balaban J connectivity index is 1.19. The molecule has 2 nitrogen and oxygen atoms in total. The Morgan fingerprint density at radius 3 is 1.84 bits per heavy atom. The van der Waals surface area contributed by atoms with Gasteiger partial charge in [0.1, 0.15) is 11.2 Å². The fraction of sp³-hybridized carbons (Fsp3) is 0.0612. The van der Waals surface area contributed by atoms with Crippen LogP contribution in [0.1, 0.15) is 25.0 Å². The van der Waals surface area contributed by atoms with E-state index < -0.39 is 0 Å². The highest BCUT2D eigenvalue weighted by atomic mass is 16.3. The third kappa shape index (κ3) is 4.57. The zero-order valence-electron chi connectivity index (χ0n) is 28.6. The van der Waals surface area contributed by atoms with Crippen LogP contribution in [0, 0.1) is 0 Å². The molecule has 1 aromatic heterocycles. The van der Waals surface area contributed by atoms with Crippen LogP contribution in [0.25, 0.3) is 66.1 Å². The van der Waals surface area contributed by atoms with Crippen LogP contribution in [0.4, 0.5) is 17.1 Å². The van der Waals surface area contributed by atoms with Crippen molar-refractivity contribution >= 4 is 49.8 Å². The van der Waals surface area contributed by atoms with Gasteiger partial charge in [0.05, 0.1) is 5.69 Å². The van der Waals surface area contributed by atoms with E-state index in [0.717, 1.165) is 44.4 Å². The van der Waals surface area contributed by atoms with Crippen molar-refractivity contribution in [3.8, 4) is 33.4 Å². The molecule has 2 heteroatoms. The van der Waals surface area contributed by atoms with E-state index in [0.29, 0.717) is 0 Å². The number of fused-ring (bicyclic) bond motifs is 8. The number of para-hydroxylation sites is 2. The average Bonchev–Trinajstić information content (AvgIpc) is 3.68. The van der Waals surface area contributed by atoms with Crippen LogP contribution < -0.4 is 4.90 Å². The van der Waals surface area contributed by atoms with Gasteiger partial charge in [0, 0.05) is 38.7 Å². The second-order valence-corrected chi connectivity index (χ2v) is 14.1. The third-order valence-corrected chi connectivity index (χ3v) is 10.8. The minimum Gasteiger partial charge on any atom is -0.455 e. The van der Waals surface area contributed by atoms with Gasteiger partial charge in [-0.2, -0.15) is 0 Å². The van der Waals surface area contributed by atoms with Gasteiger partial charge in [-0.15, -0.1) is 0 Å². The van der Waals surface area contributed by atoms with Gasteiger partial charge in [0.2, 0.25) is 0 Å². The normalized spacial score (nSPS) is 13.1. The van der Waals surface area contributed by atoms with E-state index in [2.05, 4.69) is 183 Å². The molecule has 10 rings (SSSR count). The lowest BCUT2D eigenvalue weighted by atomic mass is 9.80. The van der Waals surface area contributed by atoms with Gasteiger partial charge >= 0.3 is 0 Å². The summed E-state index contributed by atoms with van der Waals surface area (Å²) in [5.41, 5.74) is 15.1. The van der Waals surface area contributed by atoms with Crippen molar-refractivity contribution in [2.45, 2.75) is 19.3 Å². The molecular weight excluding hydrogens is 619 g/mol. The smallest absolute Gasteiger partial charge is 0.143 e. The fourth-order valence-corrected chi connectivity index (χ4v) is 8.44. The Kier molecular flexibility index (Phi) is 6.56. The number of rotatable bonds is 5. The lowest BCUT2D eigenvalue weighted by Crippen LogP contribution is -2.16. The molecule has 0 atom stereocenters. The zero-order valence-corrected chi connectivity index (χ0v) is 28.6. The first kappa shape index (κ1) is 29.5. The molecule has 0 unspecified atom stereocenters. The molecule has 0 saturated heterocycles. The lowest BCUT2D eigenvalue weighted by Gasteiger charge is -2.30. The molecule has 1 aliphatic rings. The monoisotopic (exact) mass is 653 g/mol. The summed E-state index contributed by atoms with van der Waals surface area (Å²) in [7, 11) is 0. The Hall–Kier alpha value is -6.38. The van der Waals surface area contributed by atoms with Crippen molar-refractivity contribution in [3.63, 3.8) is 0 Å². The summed E-state index contributed by atoms with van der Waals surface area (Å²) in [5, 5.41) is 4.84. The van der Waals surface area contributed by atoms with Crippen LogP contribution in [0.15, 0.2) is 180 Å². The fourth-order valence-electron chi connectivity index (χ4n) is 8.44. The van der Waals surface area contributed by atoms with E-state index in [1.807, 2.05) is 12.1 Å². The Morgan fingerprint density at radius 1 is 0.471 bits per heavy atom. The van der Waals surface area contributed by atoms with E-state index in [1.165, 1.54) is 49.8 Å². The van der Waals surface area contributed by atoms with Crippen LogP contribution in [0.2, 0.25) is 0 Å². The number of nitrogens with zero attached hydrogens (tertiary/aromatic N) is 1. The van der Waals surface area contributed by atoms with Gasteiger partial charge in [-0.3, -0.25) is 0 Å². The highest BCUT2D eigenvalue weighted by molar-refractivity contribution is 6.10. The number of anilines is 3. The molecule has 9 aromatic rings. The van der Waals surface area contributed by atoms with Crippen LogP contribution in [0.3, 0.4) is 0 Å². The average molecular weight is 654 g/mol.